The van der Waals surface area contributed by atoms with E-state index < -0.39 is 51.8 Å². The van der Waals surface area contributed by atoms with Gasteiger partial charge >= 0.3 is 336 Å². The van der Waals surface area contributed by atoms with Crippen LogP contribution in [0.5, 0.6) is 0 Å². The molecule has 0 aliphatic carbocycles. The summed E-state index contributed by atoms with van der Waals surface area (Å²) in [6.45, 7) is 31.3. The second-order valence-corrected chi connectivity index (χ2v) is 31.6. The standard InChI is InChI=1S/4C9H21O3Si.Ti/c4*1-5-9-13(10-6-2,11-7-3)12-8-4;/h4*1,5-9H2,2-4H3;. The summed E-state index contributed by atoms with van der Waals surface area (Å²) in [5.41, 5.74) is 0. The van der Waals surface area contributed by atoms with E-state index in [1.165, 1.54) is 18.9 Å². The predicted molar refractivity (Wildman–Crippen MR) is 219 cm³/mol. The maximum atomic E-state index is 6.33. The van der Waals surface area contributed by atoms with Gasteiger partial charge in [0.15, 0.2) is 0 Å². The van der Waals surface area contributed by atoms with Gasteiger partial charge in [0.25, 0.3) is 0 Å². The van der Waals surface area contributed by atoms with Crippen LogP contribution in [0.3, 0.4) is 0 Å². The fourth-order valence-corrected chi connectivity index (χ4v) is 28.3. The normalized spacial score (nSPS) is 13.4. The van der Waals surface area contributed by atoms with E-state index in [-0.39, 0.29) is 0 Å². The Balaban J connectivity index is 6.90. The van der Waals surface area contributed by atoms with E-state index in [9.17, 15) is 0 Å². The molecule has 53 heavy (non-hydrogen) atoms. The molecule has 0 amide bonds. The summed E-state index contributed by atoms with van der Waals surface area (Å²) in [6, 6.07) is 3.26. The zero-order valence-electron chi connectivity index (χ0n) is 36.4. The summed E-state index contributed by atoms with van der Waals surface area (Å²) >= 11 is -2.75. The third-order valence-corrected chi connectivity index (χ3v) is 30.6. The van der Waals surface area contributed by atoms with Crippen LogP contribution in [0.1, 0.15) is 109 Å². The van der Waals surface area contributed by atoms with Gasteiger partial charge < -0.3 is 0 Å². The Morgan fingerprint density at radius 3 is 0.491 bits per heavy atom. The molecule has 0 aromatic rings. The summed E-state index contributed by atoms with van der Waals surface area (Å²) in [7, 11) is -11.2. The Labute approximate surface area is 334 Å². The van der Waals surface area contributed by atoms with Gasteiger partial charge in [-0.1, -0.05) is 0 Å². The number of hydrogen-bond acceptors (Lipinski definition) is 12. The van der Waals surface area contributed by atoms with Crippen LogP contribution in [-0.4, -0.2) is 115 Å². The first-order chi connectivity index (χ1) is 25.6. The van der Waals surface area contributed by atoms with Gasteiger partial charge in [-0.05, 0) is 0 Å². The van der Waals surface area contributed by atoms with Crippen LogP contribution in [0.25, 0.3) is 0 Å². The van der Waals surface area contributed by atoms with Crippen LogP contribution in [0.2, 0.25) is 43.1 Å². The third-order valence-electron chi connectivity index (χ3n) is 9.13. The molecule has 0 heterocycles. The second-order valence-electron chi connectivity index (χ2n) is 12.8. The molecule has 0 rings (SSSR count). The van der Waals surface area contributed by atoms with E-state index in [1.807, 2.05) is 83.1 Å². The fourth-order valence-electron chi connectivity index (χ4n) is 7.47. The molecule has 0 N–H and O–H groups in total. The Bertz CT molecular complexity index is 653. The van der Waals surface area contributed by atoms with Crippen molar-refractivity contribution in [3.63, 3.8) is 0 Å². The first-order valence-electron chi connectivity index (χ1n) is 21.2. The molecule has 0 fully saturated rings. The van der Waals surface area contributed by atoms with E-state index in [1.54, 1.807) is 0 Å². The first kappa shape index (κ1) is 54.1. The van der Waals surface area contributed by atoms with Crippen LogP contribution < -0.4 is 0 Å². The molecule has 0 unspecified atom stereocenters. The molecule has 0 aromatic carbocycles. The SMILES string of the molecule is CCO[Si](CC[CH2][Ti]([CH2]CC[Si](OCC)(OCC)OCC)([CH2]CC[Si](OCC)(OCC)OCC)[CH2]CC[Si](OCC)(OCC)OCC)(OCC)OCC. The molecule has 17 heteroatoms. The van der Waals surface area contributed by atoms with Crippen molar-refractivity contribution in [3.8, 4) is 0 Å². The van der Waals surface area contributed by atoms with E-state index >= 15 is 0 Å². The van der Waals surface area contributed by atoms with Crippen molar-refractivity contribution >= 4 is 35.2 Å². The van der Waals surface area contributed by atoms with E-state index in [0.29, 0.717) is 79.3 Å². The summed E-state index contributed by atoms with van der Waals surface area (Å²) in [4.78, 5) is 0. The predicted octanol–water partition coefficient (Wildman–Crippen LogP) is 9.57. The molecule has 0 aliphatic heterocycles. The van der Waals surface area contributed by atoms with Gasteiger partial charge in [0.2, 0.25) is 0 Å². The third kappa shape index (κ3) is 21.1. The summed E-state index contributed by atoms with van der Waals surface area (Å²) in [5.74, 6) is 0. The van der Waals surface area contributed by atoms with Crippen molar-refractivity contribution in [2.24, 2.45) is 0 Å². The molecule has 0 saturated heterocycles. The van der Waals surface area contributed by atoms with Crippen molar-refractivity contribution in [1.29, 1.82) is 0 Å². The topological polar surface area (TPSA) is 111 Å². The molecule has 0 radical (unpaired) electrons. The summed E-state index contributed by atoms with van der Waals surface area (Å²) in [5, 5.41) is 0. The van der Waals surface area contributed by atoms with Crippen molar-refractivity contribution in [1.82, 2.24) is 0 Å². The van der Waals surface area contributed by atoms with Crippen LogP contribution in [-0.2, 0) is 69.7 Å². The number of rotatable bonds is 40. The molecule has 320 valence electrons. The van der Waals surface area contributed by atoms with Gasteiger partial charge in [-0.15, -0.1) is 0 Å². The van der Waals surface area contributed by atoms with Gasteiger partial charge in [0.05, 0.1) is 0 Å². The molecule has 0 saturated carbocycles. The first-order valence-corrected chi connectivity index (χ1v) is 33.4. The summed E-state index contributed by atoms with van der Waals surface area (Å²) < 4.78 is 80.6. The van der Waals surface area contributed by atoms with E-state index in [2.05, 4.69) is 0 Å². The van der Waals surface area contributed by atoms with Crippen LogP contribution >= 0.6 is 0 Å². The average molecular weight is 869 g/mol. The minimum atomic E-state index is -2.80. The van der Waals surface area contributed by atoms with E-state index in [0.717, 1.165) is 49.9 Å². The van der Waals surface area contributed by atoms with Crippen LogP contribution in [0.4, 0.5) is 0 Å². The van der Waals surface area contributed by atoms with Gasteiger partial charge in [0.1, 0.15) is 0 Å². The van der Waals surface area contributed by atoms with Gasteiger partial charge in [-0.25, -0.2) is 0 Å². The molecular weight excluding hydrogens is 785 g/mol. The fraction of sp³-hybridized carbons (Fsp3) is 1.00. The van der Waals surface area contributed by atoms with Gasteiger partial charge in [-0.3, -0.25) is 0 Å². The second kappa shape index (κ2) is 32.0. The van der Waals surface area contributed by atoms with Crippen molar-refractivity contribution in [3.05, 3.63) is 0 Å². The minimum absolute atomic E-state index is 0.579. The number of hydrogen-bond donors (Lipinski definition) is 0. The molecule has 0 bridgehead atoms. The van der Waals surface area contributed by atoms with Gasteiger partial charge in [-0.2, -0.15) is 0 Å². The monoisotopic (exact) mass is 868 g/mol. The van der Waals surface area contributed by atoms with Crippen molar-refractivity contribution in [2.45, 2.75) is 152 Å². The quantitative estimate of drug-likeness (QED) is 0.0547. The molecular formula is C36H84O12Si4Ti. The van der Waals surface area contributed by atoms with E-state index in [4.69, 9.17) is 53.1 Å². The Morgan fingerprint density at radius 1 is 0.245 bits per heavy atom. The average Bonchev–Trinajstić information content (AvgIpc) is 3.10. The molecule has 0 spiro atoms. The Kier molecular flexibility index (Phi) is 32.7. The molecule has 12 nitrogen and oxygen atoms in total. The molecule has 0 aliphatic rings. The van der Waals surface area contributed by atoms with Crippen LogP contribution in [0.15, 0.2) is 0 Å². The Morgan fingerprint density at radius 2 is 0.377 bits per heavy atom. The van der Waals surface area contributed by atoms with Crippen molar-refractivity contribution in [2.75, 3.05) is 79.3 Å². The maximum absolute atomic E-state index is 6.33. The van der Waals surface area contributed by atoms with Crippen molar-refractivity contribution < 1.29 is 69.7 Å². The Hall–Kier alpha value is 1.10. The zero-order chi connectivity index (χ0) is 40.0. The van der Waals surface area contributed by atoms with Gasteiger partial charge in [0, 0.05) is 0 Å². The molecule has 0 aromatic heterocycles. The molecule has 0 atom stereocenters. The zero-order valence-corrected chi connectivity index (χ0v) is 41.9. The van der Waals surface area contributed by atoms with Crippen LogP contribution in [0, 0.1) is 0 Å². The summed E-state index contributed by atoms with van der Waals surface area (Å²) in [6.07, 6.45) is 4.03.